The number of carbonyl (C=O) groups excluding carboxylic acids is 1. The highest BCUT2D eigenvalue weighted by Crippen LogP contribution is 2.63. The highest BCUT2D eigenvalue weighted by atomic mass is 16.1. The maximum atomic E-state index is 12.7. The average molecular weight is 400 g/mol. The lowest BCUT2D eigenvalue weighted by molar-refractivity contribution is -0.126. The second-order valence-electron chi connectivity index (χ2n) is 11.9. The van der Waals surface area contributed by atoms with Crippen LogP contribution in [0, 0.1) is 40.4 Å². The van der Waals surface area contributed by atoms with E-state index in [1.54, 1.807) is 0 Å². The summed E-state index contributed by atoms with van der Waals surface area (Å²) in [5.41, 5.74) is 7.12. The van der Waals surface area contributed by atoms with Gasteiger partial charge in [-0.2, -0.15) is 0 Å². The summed E-state index contributed by atoms with van der Waals surface area (Å²) in [6, 6.07) is 0. The number of hydrogen-bond donors (Lipinski definition) is 1. The molecule has 0 aromatic rings. The molecule has 0 heterocycles. The molecule has 2 heteroatoms. The van der Waals surface area contributed by atoms with E-state index in [9.17, 15) is 4.79 Å². The van der Waals surface area contributed by atoms with Gasteiger partial charge in [-0.15, -0.1) is 0 Å². The molecule has 4 fully saturated rings. The molecule has 4 unspecified atom stereocenters. The SMILES string of the molecule is C=C(N)CCCCC[C@H]1CC[C@@]2(C)C(CCC3CC4CCC(=O)[C@@]4(C)CCC32)C1. The summed E-state index contributed by atoms with van der Waals surface area (Å²) in [7, 11) is 0. The molecule has 7 atom stereocenters. The predicted molar refractivity (Wildman–Crippen MR) is 121 cm³/mol. The van der Waals surface area contributed by atoms with Crippen LogP contribution >= 0.6 is 0 Å². The van der Waals surface area contributed by atoms with Gasteiger partial charge in [0, 0.05) is 17.5 Å². The highest BCUT2D eigenvalue weighted by molar-refractivity contribution is 5.86. The first-order valence-electron chi connectivity index (χ1n) is 12.8. The lowest BCUT2D eigenvalue weighted by atomic mass is 9.50. The lowest BCUT2D eigenvalue weighted by Crippen LogP contribution is -2.46. The smallest absolute Gasteiger partial charge is 0.139 e. The molecule has 0 radical (unpaired) electrons. The number of rotatable bonds is 6. The van der Waals surface area contributed by atoms with Gasteiger partial charge in [0.05, 0.1) is 0 Å². The van der Waals surface area contributed by atoms with Crippen LogP contribution in [0.4, 0.5) is 0 Å². The van der Waals surface area contributed by atoms with Crippen LogP contribution in [0.3, 0.4) is 0 Å². The van der Waals surface area contributed by atoms with Gasteiger partial charge in [-0.3, -0.25) is 4.79 Å². The third kappa shape index (κ3) is 4.07. The average Bonchev–Trinajstić information content (AvgIpc) is 2.85. The van der Waals surface area contributed by atoms with E-state index in [1.807, 2.05) is 0 Å². The molecule has 0 aliphatic heterocycles. The van der Waals surface area contributed by atoms with Crippen molar-refractivity contribution in [3.05, 3.63) is 12.3 Å². The van der Waals surface area contributed by atoms with Gasteiger partial charge in [-0.05, 0) is 106 Å². The molecular formula is C27H45NO. The Morgan fingerprint density at radius 2 is 1.83 bits per heavy atom. The van der Waals surface area contributed by atoms with E-state index < -0.39 is 0 Å². The maximum absolute atomic E-state index is 12.7. The fourth-order valence-corrected chi connectivity index (χ4v) is 8.35. The molecule has 4 aliphatic carbocycles. The van der Waals surface area contributed by atoms with Gasteiger partial charge in [0.2, 0.25) is 0 Å². The Hall–Kier alpha value is -0.790. The zero-order valence-corrected chi connectivity index (χ0v) is 19.2. The number of carbonyl (C=O) groups is 1. The Bertz CT molecular complexity index is 626. The van der Waals surface area contributed by atoms with Crippen molar-refractivity contribution < 1.29 is 4.79 Å². The van der Waals surface area contributed by atoms with E-state index in [1.165, 1.54) is 83.5 Å². The molecule has 0 amide bonds. The van der Waals surface area contributed by atoms with Crippen LogP contribution in [-0.2, 0) is 4.79 Å². The number of Topliss-reactive ketones (excluding diaryl/α,β-unsaturated/α-hetero) is 1. The number of nitrogens with two attached hydrogens (primary N) is 1. The number of ketones is 1. The van der Waals surface area contributed by atoms with Gasteiger partial charge < -0.3 is 5.73 Å². The molecule has 4 saturated carbocycles. The van der Waals surface area contributed by atoms with Crippen LogP contribution in [0.1, 0.15) is 110 Å². The summed E-state index contributed by atoms with van der Waals surface area (Å²) in [4.78, 5) is 12.7. The Balaban J connectivity index is 1.35. The summed E-state index contributed by atoms with van der Waals surface area (Å²) >= 11 is 0. The molecule has 4 rings (SSSR count). The maximum Gasteiger partial charge on any atom is 0.139 e. The van der Waals surface area contributed by atoms with Crippen LogP contribution in [0.2, 0.25) is 0 Å². The molecule has 0 spiro atoms. The minimum atomic E-state index is 0.0230. The van der Waals surface area contributed by atoms with Crippen molar-refractivity contribution in [3.8, 4) is 0 Å². The van der Waals surface area contributed by atoms with Crippen molar-refractivity contribution in [2.75, 3.05) is 0 Å². The molecule has 2 N–H and O–H groups in total. The lowest BCUT2D eigenvalue weighted by Gasteiger charge is -2.55. The second-order valence-corrected chi connectivity index (χ2v) is 11.9. The molecular weight excluding hydrogens is 354 g/mol. The minimum Gasteiger partial charge on any atom is -0.403 e. The van der Waals surface area contributed by atoms with Crippen LogP contribution < -0.4 is 5.73 Å². The van der Waals surface area contributed by atoms with Crippen LogP contribution in [0.5, 0.6) is 0 Å². The topological polar surface area (TPSA) is 43.1 Å². The van der Waals surface area contributed by atoms with Crippen molar-refractivity contribution in [2.24, 2.45) is 46.2 Å². The first-order chi connectivity index (χ1) is 13.8. The molecule has 0 bridgehead atoms. The van der Waals surface area contributed by atoms with Crippen molar-refractivity contribution in [2.45, 2.75) is 110 Å². The minimum absolute atomic E-state index is 0.0230. The van der Waals surface area contributed by atoms with E-state index in [0.29, 0.717) is 17.1 Å². The number of unbranched alkanes of at least 4 members (excludes halogenated alkanes) is 2. The molecule has 0 saturated heterocycles. The standard InChI is InChI=1S/C27H45NO/c1-19(28)7-5-4-6-8-20-13-15-26(2)22(17-20)10-9-21-18-23-11-12-25(29)27(23,3)16-14-24(21)26/h20-24H,1,4-18,28H2,2-3H3/t20-,21?,22?,23?,24?,26-,27-/m0/s1. The van der Waals surface area contributed by atoms with Crippen molar-refractivity contribution in [1.29, 1.82) is 0 Å². The fourth-order valence-electron chi connectivity index (χ4n) is 8.35. The largest absolute Gasteiger partial charge is 0.403 e. The summed E-state index contributed by atoms with van der Waals surface area (Å²) in [6.45, 7) is 8.80. The number of fused-ring (bicyclic) bond motifs is 4. The van der Waals surface area contributed by atoms with Crippen LogP contribution in [0.15, 0.2) is 12.3 Å². The highest BCUT2D eigenvalue weighted by Gasteiger charge is 2.55. The van der Waals surface area contributed by atoms with Gasteiger partial charge in [-0.1, -0.05) is 39.7 Å². The first kappa shape index (κ1) is 21.4. The van der Waals surface area contributed by atoms with Crippen LogP contribution in [-0.4, -0.2) is 5.78 Å². The molecule has 29 heavy (non-hydrogen) atoms. The Morgan fingerprint density at radius 3 is 2.62 bits per heavy atom. The Labute approximate surface area is 179 Å². The fraction of sp³-hybridized carbons (Fsp3) is 0.889. The summed E-state index contributed by atoms with van der Waals surface area (Å²) in [5.74, 6) is 4.95. The van der Waals surface area contributed by atoms with Crippen molar-refractivity contribution in [1.82, 2.24) is 0 Å². The molecule has 4 aliphatic rings. The van der Waals surface area contributed by atoms with Gasteiger partial charge in [0.15, 0.2) is 0 Å². The van der Waals surface area contributed by atoms with Gasteiger partial charge in [-0.25, -0.2) is 0 Å². The van der Waals surface area contributed by atoms with E-state index in [2.05, 4.69) is 20.4 Å². The van der Waals surface area contributed by atoms with Gasteiger partial charge >= 0.3 is 0 Å². The molecule has 0 aromatic heterocycles. The van der Waals surface area contributed by atoms with E-state index in [0.717, 1.165) is 42.2 Å². The van der Waals surface area contributed by atoms with Crippen molar-refractivity contribution >= 4 is 5.78 Å². The first-order valence-corrected chi connectivity index (χ1v) is 12.8. The molecule has 164 valence electrons. The zero-order valence-electron chi connectivity index (χ0n) is 19.2. The quantitative estimate of drug-likeness (QED) is 0.487. The van der Waals surface area contributed by atoms with E-state index in [4.69, 9.17) is 5.73 Å². The summed E-state index contributed by atoms with van der Waals surface area (Å²) in [6.07, 6.45) is 19.5. The third-order valence-corrected chi connectivity index (χ3v) is 10.4. The Kier molecular flexibility index (Phi) is 6.20. The monoisotopic (exact) mass is 399 g/mol. The van der Waals surface area contributed by atoms with E-state index >= 15 is 0 Å². The third-order valence-electron chi connectivity index (χ3n) is 10.4. The summed E-state index contributed by atoms with van der Waals surface area (Å²) in [5, 5.41) is 0. The number of hydrogen-bond acceptors (Lipinski definition) is 2. The number of allylic oxidation sites excluding steroid dienone is 1. The van der Waals surface area contributed by atoms with Gasteiger partial charge in [0.1, 0.15) is 5.78 Å². The summed E-state index contributed by atoms with van der Waals surface area (Å²) < 4.78 is 0. The predicted octanol–water partition coefficient (Wildman–Crippen LogP) is 7.03. The van der Waals surface area contributed by atoms with E-state index in [-0.39, 0.29) is 5.41 Å². The zero-order chi connectivity index (χ0) is 20.6. The molecule has 0 aromatic carbocycles. The normalized spacial score (nSPS) is 44.5. The second kappa shape index (κ2) is 8.39. The van der Waals surface area contributed by atoms with Gasteiger partial charge in [0.25, 0.3) is 0 Å². The van der Waals surface area contributed by atoms with Crippen LogP contribution in [0.25, 0.3) is 0 Å². The molecule has 2 nitrogen and oxygen atoms in total. The Morgan fingerprint density at radius 1 is 1.00 bits per heavy atom. The van der Waals surface area contributed by atoms with Crippen molar-refractivity contribution in [3.63, 3.8) is 0 Å².